The van der Waals surface area contributed by atoms with Crippen molar-refractivity contribution < 1.29 is 5.11 Å². The monoisotopic (exact) mass is 320 g/mol. The summed E-state index contributed by atoms with van der Waals surface area (Å²) in [5.41, 5.74) is 3.52. The van der Waals surface area contributed by atoms with Crippen molar-refractivity contribution in [2.75, 3.05) is 0 Å². The molecule has 1 aliphatic carbocycles. The van der Waals surface area contributed by atoms with Gasteiger partial charge < -0.3 is 5.11 Å². The quantitative estimate of drug-likeness (QED) is 0.937. The predicted octanol–water partition coefficient (Wildman–Crippen LogP) is 3.44. The molecular formula is C15H17BrN2O. The molecule has 4 heteroatoms. The van der Waals surface area contributed by atoms with Crippen molar-refractivity contribution in [3.05, 3.63) is 46.2 Å². The third-order valence-corrected chi connectivity index (χ3v) is 4.05. The van der Waals surface area contributed by atoms with E-state index in [2.05, 4.69) is 45.3 Å². The molecule has 1 N–H and O–H groups in total. The highest BCUT2D eigenvalue weighted by Gasteiger charge is 2.30. The number of aliphatic hydroxyl groups is 1. The standard InChI is InChI=1S/C15H17BrN2O/c1-10(19)8-11-2-6-13(7-3-11)18-15(12-4-5-12)14(16)9-17-18/h2-3,6-7,9-10,12,19H,4-5,8H2,1H3. The Morgan fingerprint density at radius 1 is 1.37 bits per heavy atom. The summed E-state index contributed by atoms with van der Waals surface area (Å²) in [6.07, 6.45) is 4.77. The van der Waals surface area contributed by atoms with Gasteiger partial charge in [-0.3, -0.25) is 0 Å². The molecule has 1 heterocycles. The topological polar surface area (TPSA) is 38.0 Å². The second kappa shape index (κ2) is 5.10. The van der Waals surface area contributed by atoms with Crippen LogP contribution in [0.3, 0.4) is 0 Å². The van der Waals surface area contributed by atoms with Gasteiger partial charge in [0, 0.05) is 5.92 Å². The Hall–Kier alpha value is -1.13. The number of aromatic nitrogens is 2. The zero-order chi connectivity index (χ0) is 13.4. The highest BCUT2D eigenvalue weighted by molar-refractivity contribution is 9.10. The molecule has 3 nitrogen and oxygen atoms in total. The van der Waals surface area contributed by atoms with Crippen LogP contribution in [-0.4, -0.2) is 21.0 Å². The molecule has 1 aromatic carbocycles. The second-order valence-corrected chi connectivity index (χ2v) is 6.14. The van der Waals surface area contributed by atoms with E-state index in [1.807, 2.05) is 17.8 Å². The number of aliphatic hydroxyl groups excluding tert-OH is 1. The second-order valence-electron chi connectivity index (χ2n) is 5.28. The highest BCUT2D eigenvalue weighted by atomic mass is 79.9. The van der Waals surface area contributed by atoms with Crippen LogP contribution in [0.4, 0.5) is 0 Å². The zero-order valence-electron chi connectivity index (χ0n) is 10.9. The van der Waals surface area contributed by atoms with Gasteiger partial charge in [0.25, 0.3) is 0 Å². The summed E-state index contributed by atoms with van der Waals surface area (Å²) >= 11 is 3.59. The van der Waals surface area contributed by atoms with E-state index in [9.17, 15) is 5.11 Å². The lowest BCUT2D eigenvalue weighted by molar-refractivity contribution is 0.195. The third-order valence-electron chi connectivity index (χ3n) is 3.44. The van der Waals surface area contributed by atoms with E-state index >= 15 is 0 Å². The maximum Gasteiger partial charge on any atom is 0.0649 e. The smallest absolute Gasteiger partial charge is 0.0649 e. The Bertz CT molecular complexity index is 570. The van der Waals surface area contributed by atoms with Gasteiger partial charge >= 0.3 is 0 Å². The largest absolute Gasteiger partial charge is 0.393 e. The van der Waals surface area contributed by atoms with Gasteiger partial charge in [-0.15, -0.1) is 0 Å². The Kier molecular flexibility index (Phi) is 3.46. The van der Waals surface area contributed by atoms with Crippen LogP contribution in [0.15, 0.2) is 34.9 Å². The van der Waals surface area contributed by atoms with Crippen LogP contribution in [0, 0.1) is 0 Å². The van der Waals surface area contributed by atoms with Crippen LogP contribution in [0.25, 0.3) is 5.69 Å². The van der Waals surface area contributed by atoms with Gasteiger partial charge in [0.2, 0.25) is 0 Å². The van der Waals surface area contributed by atoms with E-state index in [0.29, 0.717) is 12.3 Å². The molecule has 0 radical (unpaired) electrons. The molecule has 2 aromatic rings. The van der Waals surface area contributed by atoms with Crippen LogP contribution in [0.5, 0.6) is 0 Å². The van der Waals surface area contributed by atoms with Gasteiger partial charge in [0.15, 0.2) is 0 Å². The Balaban J connectivity index is 1.90. The first kappa shape index (κ1) is 12.9. The summed E-state index contributed by atoms with van der Waals surface area (Å²) in [4.78, 5) is 0. The van der Waals surface area contributed by atoms with Crippen molar-refractivity contribution in [2.45, 2.75) is 38.2 Å². The average molecular weight is 321 g/mol. The number of halogens is 1. The molecule has 3 rings (SSSR count). The van der Waals surface area contributed by atoms with E-state index in [1.165, 1.54) is 18.5 Å². The molecule has 0 spiro atoms. The summed E-state index contributed by atoms with van der Waals surface area (Å²) in [6.45, 7) is 1.81. The summed E-state index contributed by atoms with van der Waals surface area (Å²) in [7, 11) is 0. The van der Waals surface area contributed by atoms with E-state index < -0.39 is 0 Å². The lowest BCUT2D eigenvalue weighted by atomic mass is 10.1. The molecule has 1 saturated carbocycles. The predicted molar refractivity (Wildman–Crippen MR) is 78.6 cm³/mol. The molecule has 1 atom stereocenters. The molecule has 1 aromatic heterocycles. The van der Waals surface area contributed by atoms with Gasteiger partial charge in [-0.2, -0.15) is 5.10 Å². The van der Waals surface area contributed by atoms with Crippen LogP contribution in [-0.2, 0) is 6.42 Å². The van der Waals surface area contributed by atoms with Crippen molar-refractivity contribution in [1.29, 1.82) is 0 Å². The maximum absolute atomic E-state index is 9.40. The van der Waals surface area contributed by atoms with E-state index in [1.54, 1.807) is 0 Å². The van der Waals surface area contributed by atoms with Crippen molar-refractivity contribution in [2.24, 2.45) is 0 Å². The maximum atomic E-state index is 9.40. The molecular weight excluding hydrogens is 304 g/mol. The molecule has 0 aliphatic heterocycles. The van der Waals surface area contributed by atoms with Crippen molar-refractivity contribution in [3.8, 4) is 5.69 Å². The third kappa shape index (κ3) is 2.74. The van der Waals surface area contributed by atoms with Crippen LogP contribution < -0.4 is 0 Å². The molecule has 0 saturated heterocycles. The first-order valence-corrected chi connectivity index (χ1v) is 7.45. The zero-order valence-corrected chi connectivity index (χ0v) is 12.5. The van der Waals surface area contributed by atoms with E-state index in [0.717, 1.165) is 15.7 Å². The first-order chi connectivity index (χ1) is 9.15. The van der Waals surface area contributed by atoms with Gasteiger partial charge in [-0.25, -0.2) is 4.68 Å². The number of hydrogen-bond acceptors (Lipinski definition) is 2. The van der Waals surface area contributed by atoms with Crippen molar-refractivity contribution in [3.63, 3.8) is 0 Å². The number of nitrogens with zero attached hydrogens (tertiary/aromatic N) is 2. The summed E-state index contributed by atoms with van der Waals surface area (Å²) < 4.78 is 3.12. The number of hydrogen-bond donors (Lipinski definition) is 1. The SMILES string of the molecule is CC(O)Cc1ccc(-n2ncc(Br)c2C2CC2)cc1. The van der Waals surface area contributed by atoms with Crippen LogP contribution >= 0.6 is 15.9 Å². The lowest BCUT2D eigenvalue weighted by Gasteiger charge is -2.09. The summed E-state index contributed by atoms with van der Waals surface area (Å²) in [5.74, 6) is 0.647. The van der Waals surface area contributed by atoms with Crippen molar-refractivity contribution in [1.82, 2.24) is 9.78 Å². The highest BCUT2D eigenvalue weighted by Crippen LogP contribution is 2.43. The van der Waals surface area contributed by atoms with Gasteiger partial charge in [0.1, 0.15) is 0 Å². The van der Waals surface area contributed by atoms with Crippen molar-refractivity contribution >= 4 is 15.9 Å². The molecule has 1 fully saturated rings. The minimum Gasteiger partial charge on any atom is -0.393 e. The Morgan fingerprint density at radius 2 is 2.05 bits per heavy atom. The Labute approximate surface area is 121 Å². The fourth-order valence-corrected chi connectivity index (χ4v) is 2.97. The van der Waals surface area contributed by atoms with E-state index in [-0.39, 0.29) is 6.10 Å². The number of benzene rings is 1. The normalized spacial score (nSPS) is 16.6. The van der Waals surface area contributed by atoms with Crippen LogP contribution in [0.1, 0.15) is 36.9 Å². The Morgan fingerprint density at radius 3 is 2.63 bits per heavy atom. The molecule has 19 heavy (non-hydrogen) atoms. The fraction of sp³-hybridized carbons (Fsp3) is 0.400. The summed E-state index contributed by atoms with van der Waals surface area (Å²) in [5, 5.41) is 13.9. The first-order valence-electron chi connectivity index (χ1n) is 6.66. The summed E-state index contributed by atoms with van der Waals surface area (Å²) in [6, 6.07) is 8.27. The molecule has 1 aliphatic rings. The average Bonchev–Trinajstić information content (AvgIpc) is 3.13. The molecule has 1 unspecified atom stereocenters. The fourth-order valence-electron chi connectivity index (χ4n) is 2.38. The molecule has 0 amide bonds. The minimum atomic E-state index is -0.299. The van der Waals surface area contributed by atoms with Gasteiger partial charge in [0.05, 0.1) is 28.2 Å². The minimum absolute atomic E-state index is 0.299. The van der Waals surface area contributed by atoms with Crippen LogP contribution in [0.2, 0.25) is 0 Å². The van der Waals surface area contributed by atoms with Gasteiger partial charge in [-0.1, -0.05) is 12.1 Å². The number of rotatable bonds is 4. The molecule has 0 bridgehead atoms. The van der Waals surface area contributed by atoms with Gasteiger partial charge in [-0.05, 0) is 59.8 Å². The molecule has 100 valence electrons. The van der Waals surface area contributed by atoms with E-state index in [4.69, 9.17) is 0 Å². The lowest BCUT2D eigenvalue weighted by Crippen LogP contribution is -2.05.